The van der Waals surface area contributed by atoms with Crippen molar-refractivity contribution < 1.29 is 9.59 Å². The summed E-state index contributed by atoms with van der Waals surface area (Å²) in [5.41, 5.74) is 5.41. The van der Waals surface area contributed by atoms with E-state index in [1.165, 1.54) is 0 Å². The molecular formula is C24H22ClN3O2. The molecular weight excluding hydrogens is 398 g/mol. The molecule has 30 heavy (non-hydrogen) atoms. The number of amides is 3. The molecule has 4 rings (SSSR count). The third-order valence-corrected chi connectivity index (χ3v) is 5.36. The summed E-state index contributed by atoms with van der Waals surface area (Å²) >= 11 is 5.94. The molecule has 0 radical (unpaired) electrons. The van der Waals surface area contributed by atoms with Crippen LogP contribution in [0.4, 0.5) is 16.2 Å². The van der Waals surface area contributed by atoms with Gasteiger partial charge in [0.1, 0.15) is 0 Å². The van der Waals surface area contributed by atoms with Gasteiger partial charge in [0.2, 0.25) is 0 Å². The molecule has 5 nitrogen and oxygen atoms in total. The van der Waals surface area contributed by atoms with Gasteiger partial charge >= 0.3 is 6.03 Å². The molecule has 3 aromatic rings. The molecule has 0 unspecified atom stereocenters. The fourth-order valence-electron chi connectivity index (χ4n) is 3.52. The van der Waals surface area contributed by atoms with Crippen LogP contribution in [0.2, 0.25) is 5.02 Å². The average Bonchev–Trinajstić information content (AvgIpc) is 3.15. The predicted octanol–water partition coefficient (Wildman–Crippen LogP) is 5.17. The highest BCUT2D eigenvalue weighted by molar-refractivity contribution is 6.30. The Hall–Kier alpha value is -3.31. The van der Waals surface area contributed by atoms with Gasteiger partial charge in [-0.25, -0.2) is 4.79 Å². The molecule has 0 saturated heterocycles. The van der Waals surface area contributed by atoms with Crippen LogP contribution < -0.4 is 15.5 Å². The lowest BCUT2D eigenvalue weighted by molar-refractivity contribution is 0.0989. The van der Waals surface area contributed by atoms with E-state index in [-0.39, 0.29) is 11.9 Å². The number of nitrogens with zero attached hydrogens (tertiary/aromatic N) is 1. The van der Waals surface area contributed by atoms with Crippen LogP contribution in [-0.4, -0.2) is 18.5 Å². The fraction of sp³-hybridized carbons (Fsp3) is 0.167. The van der Waals surface area contributed by atoms with Gasteiger partial charge in [-0.1, -0.05) is 47.5 Å². The number of aryl methyl sites for hydroxylation is 1. The standard InChI is InChI=1S/C24H22ClN3O2/c1-16-5-8-19(9-6-16)23(29)28-12-11-18-10-7-17(13-22(18)28)15-26-24(30)27-21-4-2-3-20(25)14-21/h2-10,13-14H,11-12,15H2,1H3,(H2,26,27,30). The molecule has 1 aliphatic rings. The third-order valence-electron chi connectivity index (χ3n) is 5.12. The van der Waals surface area contributed by atoms with Gasteiger partial charge in [-0.05, 0) is 60.9 Å². The van der Waals surface area contributed by atoms with Gasteiger partial charge in [-0.2, -0.15) is 0 Å². The van der Waals surface area contributed by atoms with E-state index >= 15 is 0 Å². The number of benzene rings is 3. The minimum absolute atomic E-state index is 0.00226. The maximum Gasteiger partial charge on any atom is 0.319 e. The van der Waals surface area contributed by atoms with Crippen LogP contribution in [0.3, 0.4) is 0 Å². The maximum absolute atomic E-state index is 13.0. The predicted molar refractivity (Wildman–Crippen MR) is 120 cm³/mol. The number of halogens is 1. The van der Waals surface area contributed by atoms with Gasteiger partial charge in [-0.15, -0.1) is 0 Å². The van der Waals surface area contributed by atoms with Crippen molar-refractivity contribution in [2.45, 2.75) is 19.9 Å². The summed E-state index contributed by atoms with van der Waals surface area (Å²) in [5.74, 6) is -0.00226. The first-order valence-corrected chi connectivity index (χ1v) is 10.2. The monoisotopic (exact) mass is 419 g/mol. The van der Waals surface area contributed by atoms with E-state index in [2.05, 4.69) is 10.6 Å². The minimum Gasteiger partial charge on any atom is -0.334 e. The van der Waals surface area contributed by atoms with Gasteiger partial charge in [0.25, 0.3) is 5.91 Å². The van der Waals surface area contributed by atoms with E-state index in [1.54, 1.807) is 24.3 Å². The van der Waals surface area contributed by atoms with E-state index in [0.717, 1.165) is 28.8 Å². The largest absolute Gasteiger partial charge is 0.334 e. The van der Waals surface area contributed by atoms with Crippen LogP contribution in [0.25, 0.3) is 0 Å². The highest BCUT2D eigenvalue weighted by atomic mass is 35.5. The topological polar surface area (TPSA) is 61.4 Å². The molecule has 0 aliphatic carbocycles. The molecule has 152 valence electrons. The van der Waals surface area contributed by atoms with E-state index < -0.39 is 0 Å². The molecule has 2 N–H and O–H groups in total. The van der Waals surface area contributed by atoms with Crippen molar-refractivity contribution in [3.05, 3.63) is 94.0 Å². The second-order valence-corrected chi connectivity index (χ2v) is 7.79. The van der Waals surface area contributed by atoms with E-state index in [0.29, 0.717) is 29.4 Å². The molecule has 0 saturated carbocycles. The first-order chi connectivity index (χ1) is 14.5. The summed E-state index contributed by atoms with van der Waals surface area (Å²) in [5, 5.41) is 6.16. The summed E-state index contributed by atoms with van der Waals surface area (Å²) in [6.07, 6.45) is 0.829. The Morgan fingerprint density at radius 2 is 1.83 bits per heavy atom. The molecule has 1 aliphatic heterocycles. The first kappa shape index (κ1) is 20.0. The molecule has 0 aromatic heterocycles. The molecule has 0 bridgehead atoms. The fourth-order valence-corrected chi connectivity index (χ4v) is 3.71. The number of nitrogens with one attached hydrogen (secondary N) is 2. The lowest BCUT2D eigenvalue weighted by atomic mass is 10.1. The maximum atomic E-state index is 13.0. The molecule has 3 aromatic carbocycles. The Labute approximate surface area is 180 Å². The number of urea groups is 1. The number of fused-ring (bicyclic) bond motifs is 1. The van der Waals surface area contributed by atoms with Gasteiger partial charge in [0.15, 0.2) is 0 Å². The van der Waals surface area contributed by atoms with Gasteiger partial charge in [-0.3, -0.25) is 4.79 Å². The van der Waals surface area contributed by atoms with Crippen molar-refractivity contribution in [1.82, 2.24) is 5.32 Å². The van der Waals surface area contributed by atoms with E-state index in [9.17, 15) is 9.59 Å². The highest BCUT2D eigenvalue weighted by Crippen LogP contribution is 2.30. The van der Waals surface area contributed by atoms with Gasteiger partial charge in [0, 0.05) is 35.1 Å². The Morgan fingerprint density at radius 1 is 1.03 bits per heavy atom. The summed E-state index contributed by atoms with van der Waals surface area (Å²) in [6.45, 7) is 3.02. The second-order valence-electron chi connectivity index (χ2n) is 7.35. The molecule has 3 amide bonds. The Bertz CT molecular complexity index is 1100. The summed E-state index contributed by atoms with van der Waals surface area (Å²) < 4.78 is 0. The van der Waals surface area contributed by atoms with Crippen molar-refractivity contribution in [3.8, 4) is 0 Å². The lowest BCUT2D eigenvalue weighted by Crippen LogP contribution is -2.29. The zero-order chi connectivity index (χ0) is 21.1. The number of hydrogen-bond donors (Lipinski definition) is 2. The Balaban J connectivity index is 1.43. The lowest BCUT2D eigenvalue weighted by Gasteiger charge is -2.18. The van der Waals surface area contributed by atoms with Gasteiger partial charge in [0.05, 0.1) is 0 Å². The van der Waals surface area contributed by atoms with Crippen molar-refractivity contribution >= 4 is 34.9 Å². The summed E-state index contributed by atoms with van der Waals surface area (Å²) in [4.78, 5) is 27.0. The molecule has 0 spiro atoms. The quantitative estimate of drug-likeness (QED) is 0.612. The van der Waals surface area contributed by atoms with E-state index in [1.807, 2.05) is 54.3 Å². The van der Waals surface area contributed by atoms with Crippen LogP contribution >= 0.6 is 11.6 Å². The number of carbonyl (C=O) groups excluding carboxylic acids is 2. The Kier molecular flexibility index (Phi) is 5.72. The summed E-state index contributed by atoms with van der Waals surface area (Å²) in [6, 6.07) is 20.3. The number of carbonyl (C=O) groups is 2. The number of hydrogen-bond acceptors (Lipinski definition) is 2. The molecule has 6 heteroatoms. The smallest absolute Gasteiger partial charge is 0.319 e. The molecule has 0 fully saturated rings. The zero-order valence-corrected chi connectivity index (χ0v) is 17.4. The highest BCUT2D eigenvalue weighted by Gasteiger charge is 2.25. The first-order valence-electron chi connectivity index (χ1n) is 9.80. The van der Waals surface area contributed by atoms with Crippen LogP contribution in [0.1, 0.15) is 27.0 Å². The molecule has 1 heterocycles. The van der Waals surface area contributed by atoms with Gasteiger partial charge < -0.3 is 15.5 Å². The van der Waals surface area contributed by atoms with Crippen LogP contribution in [0.5, 0.6) is 0 Å². The SMILES string of the molecule is Cc1ccc(C(=O)N2CCc3ccc(CNC(=O)Nc4cccc(Cl)c4)cc32)cc1. The Morgan fingerprint density at radius 3 is 2.60 bits per heavy atom. The van der Waals surface area contributed by atoms with Crippen LogP contribution in [-0.2, 0) is 13.0 Å². The summed E-state index contributed by atoms with van der Waals surface area (Å²) in [7, 11) is 0. The minimum atomic E-state index is -0.314. The third kappa shape index (κ3) is 4.47. The van der Waals surface area contributed by atoms with Crippen LogP contribution in [0, 0.1) is 6.92 Å². The molecule has 0 atom stereocenters. The van der Waals surface area contributed by atoms with Crippen molar-refractivity contribution in [1.29, 1.82) is 0 Å². The van der Waals surface area contributed by atoms with Crippen molar-refractivity contribution in [2.24, 2.45) is 0 Å². The normalized spacial score (nSPS) is 12.4. The number of anilines is 2. The zero-order valence-electron chi connectivity index (χ0n) is 16.6. The second kappa shape index (κ2) is 8.59. The average molecular weight is 420 g/mol. The van der Waals surface area contributed by atoms with E-state index in [4.69, 9.17) is 11.6 Å². The van der Waals surface area contributed by atoms with Crippen molar-refractivity contribution in [3.63, 3.8) is 0 Å². The number of rotatable bonds is 4. The van der Waals surface area contributed by atoms with Crippen LogP contribution in [0.15, 0.2) is 66.7 Å². The van der Waals surface area contributed by atoms with Crippen molar-refractivity contribution in [2.75, 3.05) is 16.8 Å².